The Morgan fingerprint density at radius 3 is 2.08 bits per heavy atom. The van der Waals surface area contributed by atoms with Crippen molar-refractivity contribution in [2.24, 2.45) is 0 Å². The summed E-state index contributed by atoms with van der Waals surface area (Å²) in [6, 6.07) is 12.5. The highest BCUT2D eigenvalue weighted by Gasteiger charge is 2.35. The van der Waals surface area contributed by atoms with Crippen molar-refractivity contribution in [3.8, 4) is 0 Å². The van der Waals surface area contributed by atoms with Crippen molar-refractivity contribution in [1.82, 2.24) is 0 Å². The molecule has 0 saturated carbocycles. The lowest BCUT2D eigenvalue weighted by atomic mass is 10.2. The maximum Gasteiger partial charge on any atom is 0.356 e. The van der Waals surface area contributed by atoms with Gasteiger partial charge in [0.1, 0.15) is 0 Å². The Morgan fingerprint density at radius 1 is 1.08 bits per heavy atom. The molecule has 1 N–H and O–H groups in total. The van der Waals surface area contributed by atoms with Crippen LogP contribution in [0.4, 0.5) is 11.4 Å². The van der Waals surface area contributed by atoms with E-state index in [0.29, 0.717) is 16.3 Å². The molecule has 2 aromatic carbocycles. The van der Waals surface area contributed by atoms with Crippen LogP contribution < -0.4 is 5.32 Å². The van der Waals surface area contributed by atoms with Crippen LogP contribution in [0.1, 0.15) is 11.3 Å². The van der Waals surface area contributed by atoms with E-state index in [1.54, 1.807) is 24.3 Å². The lowest BCUT2D eigenvalue weighted by Gasteiger charge is -2.26. The first kappa shape index (κ1) is 18.4. The third kappa shape index (κ3) is 4.13. The number of nitrogens with zero attached hydrogens (tertiary/aromatic N) is 1. The number of anilines is 1. The lowest BCUT2D eigenvalue weighted by molar-refractivity contribution is -0.384. The largest absolute Gasteiger partial charge is 0.368 e. The standard InChI is InChI=1S/C15H16ClN2O5P/c1-22-24(21,23-2)15(11-3-5-12(16)6-4-11)17-13-7-9-14(10-8-13)18(19)20/h3-10,15,17H,1-2H3. The quantitative estimate of drug-likeness (QED) is 0.426. The van der Waals surface area contributed by atoms with Gasteiger partial charge >= 0.3 is 7.60 Å². The zero-order valence-electron chi connectivity index (χ0n) is 13.0. The molecule has 128 valence electrons. The minimum absolute atomic E-state index is 0.0368. The molecule has 0 amide bonds. The van der Waals surface area contributed by atoms with Crippen molar-refractivity contribution in [3.63, 3.8) is 0 Å². The number of hydrogen-bond acceptors (Lipinski definition) is 6. The van der Waals surface area contributed by atoms with Gasteiger partial charge in [0.25, 0.3) is 5.69 Å². The van der Waals surface area contributed by atoms with Crippen molar-refractivity contribution >= 4 is 30.6 Å². The number of nitro groups is 1. The van der Waals surface area contributed by atoms with Crippen molar-refractivity contribution in [1.29, 1.82) is 0 Å². The highest BCUT2D eigenvalue weighted by Crippen LogP contribution is 2.59. The van der Waals surface area contributed by atoms with Gasteiger partial charge < -0.3 is 14.4 Å². The van der Waals surface area contributed by atoms with E-state index in [2.05, 4.69) is 5.32 Å². The van der Waals surface area contributed by atoms with E-state index in [-0.39, 0.29) is 5.69 Å². The molecule has 7 nitrogen and oxygen atoms in total. The SMILES string of the molecule is COP(=O)(OC)C(Nc1ccc([N+](=O)[O-])cc1)c1ccc(Cl)cc1. The Kier molecular flexibility index (Phi) is 5.96. The van der Waals surface area contributed by atoms with Gasteiger partial charge in [0.2, 0.25) is 0 Å². The second-order valence-electron chi connectivity index (χ2n) is 4.81. The summed E-state index contributed by atoms with van der Waals surface area (Å²) in [7, 11) is -0.920. The molecule has 0 aromatic heterocycles. The van der Waals surface area contributed by atoms with Crippen LogP contribution in [0.25, 0.3) is 0 Å². The topological polar surface area (TPSA) is 90.7 Å². The molecule has 2 rings (SSSR count). The summed E-state index contributed by atoms with van der Waals surface area (Å²) in [5.41, 5.74) is 1.14. The minimum atomic E-state index is -3.51. The third-order valence-corrected chi connectivity index (χ3v) is 5.72. The van der Waals surface area contributed by atoms with Gasteiger partial charge in [-0.25, -0.2) is 0 Å². The van der Waals surface area contributed by atoms with E-state index >= 15 is 0 Å². The molecule has 0 spiro atoms. The first-order chi connectivity index (χ1) is 11.4. The molecule has 0 fully saturated rings. The fraction of sp³-hybridized carbons (Fsp3) is 0.200. The van der Waals surface area contributed by atoms with Crippen LogP contribution in [0.2, 0.25) is 5.02 Å². The zero-order chi connectivity index (χ0) is 17.7. The predicted octanol–water partition coefficient (Wildman–Crippen LogP) is 4.84. The van der Waals surface area contributed by atoms with Crippen LogP contribution in [-0.2, 0) is 13.6 Å². The maximum atomic E-state index is 12.9. The summed E-state index contributed by atoms with van der Waals surface area (Å²) in [5.74, 6) is -0.800. The molecule has 24 heavy (non-hydrogen) atoms. The second-order valence-corrected chi connectivity index (χ2v) is 7.57. The number of hydrogen-bond donors (Lipinski definition) is 1. The number of non-ortho nitro benzene ring substituents is 1. The van der Waals surface area contributed by atoms with E-state index in [0.717, 1.165) is 0 Å². The van der Waals surface area contributed by atoms with E-state index < -0.39 is 18.3 Å². The molecule has 0 aliphatic carbocycles. The second kappa shape index (κ2) is 7.77. The van der Waals surface area contributed by atoms with Gasteiger partial charge in [-0.15, -0.1) is 0 Å². The van der Waals surface area contributed by atoms with Crippen LogP contribution in [0.5, 0.6) is 0 Å². The van der Waals surface area contributed by atoms with Crippen molar-refractivity contribution in [3.05, 3.63) is 69.2 Å². The van der Waals surface area contributed by atoms with Gasteiger partial charge in [-0.2, -0.15) is 0 Å². The lowest BCUT2D eigenvalue weighted by Crippen LogP contribution is -2.13. The monoisotopic (exact) mass is 370 g/mol. The first-order valence-corrected chi connectivity index (χ1v) is 8.86. The summed E-state index contributed by atoms with van der Waals surface area (Å²) in [4.78, 5) is 10.2. The number of halogens is 1. The molecule has 0 heterocycles. The van der Waals surface area contributed by atoms with Gasteiger partial charge in [0.15, 0.2) is 5.78 Å². The van der Waals surface area contributed by atoms with E-state index in [9.17, 15) is 14.7 Å². The zero-order valence-corrected chi connectivity index (χ0v) is 14.7. The summed E-state index contributed by atoms with van der Waals surface area (Å²) >= 11 is 5.89. The van der Waals surface area contributed by atoms with Crippen LogP contribution in [0.3, 0.4) is 0 Å². The van der Waals surface area contributed by atoms with Crippen LogP contribution in [0, 0.1) is 10.1 Å². The predicted molar refractivity (Wildman–Crippen MR) is 92.5 cm³/mol. The molecule has 1 atom stereocenters. The van der Waals surface area contributed by atoms with Crippen molar-refractivity contribution in [2.75, 3.05) is 19.5 Å². The van der Waals surface area contributed by atoms with Gasteiger partial charge in [0, 0.05) is 37.1 Å². The fourth-order valence-electron chi connectivity index (χ4n) is 2.11. The maximum absolute atomic E-state index is 12.9. The van der Waals surface area contributed by atoms with E-state index in [1.807, 2.05) is 0 Å². The summed E-state index contributed by atoms with van der Waals surface area (Å²) in [5, 5.41) is 14.3. The Morgan fingerprint density at radius 2 is 1.62 bits per heavy atom. The van der Waals surface area contributed by atoms with Crippen LogP contribution >= 0.6 is 19.2 Å². The fourth-order valence-corrected chi connectivity index (χ4v) is 3.65. The minimum Gasteiger partial charge on any atom is -0.368 e. The van der Waals surface area contributed by atoms with Gasteiger partial charge in [0.05, 0.1) is 4.92 Å². The molecular weight excluding hydrogens is 355 g/mol. The number of nitrogens with one attached hydrogen (secondary N) is 1. The normalized spacial score (nSPS) is 12.6. The van der Waals surface area contributed by atoms with Crippen LogP contribution in [-0.4, -0.2) is 19.1 Å². The van der Waals surface area contributed by atoms with E-state index in [4.69, 9.17) is 20.6 Å². The Balaban J connectivity index is 2.37. The summed E-state index contributed by atoms with van der Waals surface area (Å²) in [6.07, 6.45) is 0. The number of nitro benzene ring substituents is 1. The molecule has 2 aromatic rings. The Labute approximate surface area is 144 Å². The summed E-state index contributed by atoms with van der Waals surface area (Å²) < 4.78 is 23.1. The Bertz CT molecular complexity index is 743. The van der Waals surface area contributed by atoms with Crippen molar-refractivity contribution in [2.45, 2.75) is 5.78 Å². The van der Waals surface area contributed by atoms with Gasteiger partial charge in [-0.05, 0) is 29.8 Å². The number of benzene rings is 2. The van der Waals surface area contributed by atoms with Gasteiger partial charge in [-0.1, -0.05) is 23.7 Å². The number of rotatable bonds is 7. The molecule has 0 saturated heterocycles. The molecule has 9 heteroatoms. The molecule has 0 aliphatic rings. The molecular formula is C15H16ClN2O5P. The highest BCUT2D eigenvalue weighted by atomic mass is 35.5. The van der Waals surface area contributed by atoms with Crippen molar-refractivity contribution < 1.29 is 18.5 Å². The molecule has 1 unspecified atom stereocenters. The smallest absolute Gasteiger partial charge is 0.356 e. The molecule has 0 radical (unpaired) electrons. The average molecular weight is 371 g/mol. The third-order valence-electron chi connectivity index (χ3n) is 3.39. The average Bonchev–Trinajstić information content (AvgIpc) is 2.60. The van der Waals surface area contributed by atoms with Crippen LogP contribution in [0.15, 0.2) is 48.5 Å². The summed E-state index contributed by atoms with van der Waals surface area (Å²) in [6.45, 7) is 0. The molecule has 0 bridgehead atoms. The van der Waals surface area contributed by atoms with E-state index in [1.165, 1.54) is 38.5 Å². The first-order valence-electron chi connectivity index (χ1n) is 6.87. The molecule has 0 aliphatic heterocycles. The Hall–Kier alpha value is -1.92. The highest BCUT2D eigenvalue weighted by molar-refractivity contribution is 7.54. The van der Waals surface area contributed by atoms with Gasteiger partial charge in [-0.3, -0.25) is 14.7 Å².